The summed E-state index contributed by atoms with van der Waals surface area (Å²) in [5, 5.41) is 0. The number of halogens is 2. The zero-order valence-electron chi connectivity index (χ0n) is 18.3. The minimum atomic E-state index is -0.769. The molecule has 2 N–H and O–H groups in total. The fraction of sp³-hybridized carbons (Fsp3) is 0.667. The van der Waals surface area contributed by atoms with Gasteiger partial charge < -0.3 is 15.4 Å². The fourth-order valence-electron chi connectivity index (χ4n) is 5.18. The molecule has 1 aromatic carbocycles. The molecule has 0 radical (unpaired) electrons. The van der Waals surface area contributed by atoms with Gasteiger partial charge in [0.15, 0.2) is 5.78 Å². The first-order valence-corrected chi connectivity index (χ1v) is 11.4. The second-order valence-electron chi connectivity index (χ2n) is 9.12. The van der Waals surface area contributed by atoms with Gasteiger partial charge in [-0.05, 0) is 75.7 Å². The SMILES string of the molecule is COC(CC(N)=O)C1CCC(CCN2CCC(C(=O)c3ccc(F)cc3F)CC2)CC1. The number of hydrogen-bond acceptors (Lipinski definition) is 4. The van der Waals surface area contributed by atoms with Gasteiger partial charge in [0.05, 0.1) is 18.1 Å². The Kier molecular flexibility index (Phi) is 8.55. The lowest BCUT2D eigenvalue weighted by molar-refractivity contribution is -0.121. The number of Topliss-reactive ketones (excluding diaryl/α,β-unsaturated/α-hetero) is 1. The molecule has 2 fully saturated rings. The molecule has 1 atom stereocenters. The fourth-order valence-corrected chi connectivity index (χ4v) is 5.18. The average molecular weight is 437 g/mol. The third kappa shape index (κ3) is 6.56. The highest BCUT2D eigenvalue weighted by Gasteiger charge is 2.30. The molecule has 0 bridgehead atoms. The van der Waals surface area contributed by atoms with Crippen molar-refractivity contribution in [1.29, 1.82) is 0 Å². The van der Waals surface area contributed by atoms with E-state index in [1.54, 1.807) is 7.11 Å². The Bertz CT molecular complexity index is 757. The quantitative estimate of drug-likeness (QED) is 0.595. The standard InChI is InChI=1S/C24H34F2N2O3/c1-31-22(15-23(27)29)17-4-2-16(3-5-17)8-11-28-12-9-18(10-13-28)24(30)20-7-6-19(25)14-21(20)26/h6-7,14,16-18,22H,2-5,8-13,15H2,1H3,(H2,27,29). The van der Waals surface area contributed by atoms with Crippen molar-refractivity contribution in [2.24, 2.45) is 23.5 Å². The Balaban J connectivity index is 1.38. The normalized spacial score (nSPS) is 24.1. The van der Waals surface area contributed by atoms with Crippen molar-refractivity contribution in [1.82, 2.24) is 4.90 Å². The summed E-state index contributed by atoms with van der Waals surface area (Å²) in [6.45, 7) is 2.67. The van der Waals surface area contributed by atoms with Crippen LogP contribution < -0.4 is 5.73 Å². The lowest BCUT2D eigenvalue weighted by atomic mass is 9.77. The number of carbonyl (C=O) groups is 2. The van der Waals surface area contributed by atoms with Crippen molar-refractivity contribution >= 4 is 11.7 Å². The lowest BCUT2D eigenvalue weighted by Gasteiger charge is -2.35. The maximum atomic E-state index is 13.9. The molecule has 1 aliphatic heterocycles. The zero-order chi connectivity index (χ0) is 22.4. The van der Waals surface area contributed by atoms with Crippen LogP contribution in [0.25, 0.3) is 0 Å². The summed E-state index contributed by atoms with van der Waals surface area (Å²) in [6.07, 6.45) is 7.19. The summed E-state index contributed by atoms with van der Waals surface area (Å²) >= 11 is 0. The van der Waals surface area contributed by atoms with Crippen molar-refractivity contribution < 1.29 is 23.1 Å². The van der Waals surface area contributed by atoms with Crippen molar-refractivity contribution in [3.05, 3.63) is 35.4 Å². The maximum Gasteiger partial charge on any atom is 0.220 e. The van der Waals surface area contributed by atoms with Gasteiger partial charge >= 0.3 is 0 Å². The van der Waals surface area contributed by atoms with Crippen LogP contribution in [-0.2, 0) is 9.53 Å². The van der Waals surface area contributed by atoms with Crippen LogP contribution in [0, 0.1) is 29.4 Å². The summed E-state index contributed by atoms with van der Waals surface area (Å²) in [5.41, 5.74) is 5.33. The number of carbonyl (C=O) groups excluding carboxylic acids is 2. The van der Waals surface area contributed by atoms with E-state index in [2.05, 4.69) is 4.90 Å². The van der Waals surface area contributed by atoms with E-state index < -0.39 is 11.6 Å². The number of piperidine rings is 1. The highest BCUT2D eigenvalue weighted by molar-refractivity contribution is 5.98. The van der Waals surface area contributed by atoms with Gasteiger partial charge in [-0.2, -0.15) is 0 Å². The molecule has 1 aromatic rings. The van der Waals surface area contributed by atoms with Crippen molar-refractivity contribution in [2.75, 3.05) is 26.7 Å². The minimum Gasteiger partial charge on any atom is -0.381 e. The van der Waals surface area contributed by atoms with Crippen LogP contribution in [0.5, 0.6) is 0 Å². The van der Waals surface area contributed by atoms with Crippen LogP contribution in [0.1, 0.15) is 61.7 Å². The van der Waals surface area contributed by atoms with E-state index in [-0.39, 0.29) is 29.3 Å². The maximum absolute atomic E-state index is 13.9. The van der Waals surface area contributed by atoms with Gasteiger partial charge in [0.25, 0.3) is 0 Å². The number of ether oxygens (including phenoxy) is 1. The van der Waals surface area contributed by atoms with Gasteiger partial charge in [0.2, 0.25) is 5.91 Å². The van der Waals surface area contributed by atoms with Crippen LogP contribution >= 0.6 is 0 Å². The van der Waals surface area contributed by atoms with Crippen LogP contribution in [0.15, 0.2) is 18.2 Å². The Morgan fingerprint density at radius 1 is 1.13 bits per heavy atom. The van der Waals surface area contributed by atoms with Gasteiger partial charge in [0, 0.05) is 19.1 Å². The number of nitrogens with zero attached hydrogens (tertiary/aromatic N) is 1. The number of methoxy groups -OCH3 is 1. The van der Waals surface area contributed by atoms with E-state index in [0.29, 0.717) is 31.1 Å². The van der Waals surface area contributed by atoms with E-state index >= 15 is 0 Å². The number of nitrogens with two attached hydrogens (primary N) is 1. The number of hydrogen-bond donors (Lipinski definition) is 1. The second kappa shape index (κ2) is 11.1. The highest BCUT2D eigenvalue weighted by atomic mass is 19.1. The Morgan fingerprint density at radius 2 is 1.81 bits per heavy atom. The second-order valence-corrected chi connectivity index (χ2v) is 9.12. The zero-order valence-corrected chi connectivity index (χ0v) is 18.3. The topological polar surface area (TPSA) is 72.6 Å². The Labute approximate surface area is 183 Å². The first kappa shape index (κ1) is 23.8. The van der Waals surface area contributed by atoms with E-state index in [0.717, 1.165) is 63.9 Å². The predicted octanol–water partition coefficient (Wildman–Crippen LogP) is 3.95. The van der Waals surface area contributed by atoms with E-state index in [1.807, 2.05) is 0 Å². The molecule has 1 aliphatic carbocycles. The lowest BCUT2D eigenvalue weighted by Crippen LogP contribution is -2.38. The number of primary amides is 1. The molecule has 31 heavy (non-hydrogen) atoms. The van der Waals surface area contributed by atoms with Crippen LogP contribution in [0.3, 0.4) is 0 Å². The number of benzene rings is 1. The summed E-state index contributed by atoms with van der Waals surface area (Å²) in [7, 11) is 1.65. The minimum absolute atomic E-state index is 0.00214. The number of ketones is 1. The summed E-state index contributed by atoms with van der Waals surface area (Å²) in [5.74, 6) is -1.06. The monoisotopic (exact) mass is 436 g/mol. The molecule has 0 aromatic heterocycles. The molecule has 0 spiro atoms. The van der Waals surface area contributed by atoms with E-state index in [4.69, 9.17) is 10.5 Å². The molecule has 1 heterocycles. The third-order valence-electron chi connectivity index (χ3n) is 7.13. The van der Waals surface area contributed by atoms with Crippen LogP contribution in [-0.4, -0.2) is 49.4 Å². The van der Waals surface area contributed by atoms with E-state index in [1.165, 1.54) is 6.07 Å². The molecule has 172 valence electrons. The predicted molar refractivity (Wildman–Crippen MR) is 115 cm³/mol. The average Bonchev–Trinajstić information content (AvgIpc) is 2.76. The van der Waals surface area contributed by atoms with Gasteiger partial charge in [-0.25, -0.2) is 8.78 Å². The van der Waals surface area contributed by atoms with Crippen LogP contribution in [0.4, 0.5) is 8.78 Å². The Hall–Kier alpha value is -1.86. The molecule has 1 amide bonds. The molecule has 2 aliphatic rings. The number of likely N-dealkylation sites (tertiary alicyclic amines) is 1. The van der Waals surface area contributed by atoms with Crippen molar-refractivity contribution in [2.45, 2.75) is 57.5 Å². The van der Waals surface area contributed by atoms with Gasteiger partial charge in [-0.15, -0.1) is 0 Å². The molecule has 3 rings (SSSR count). The molecule has 5 nitrogen and oxygen atoms in total. The van der Waals surface area contributed by atoms with Crippen molar-refractivity contribution in [3.8, 4) is 0 Å². The highest BCUT2D eigenvalue weighted by Crippen LogP contribution is 2.35. The number of amides is 1. The molecule has 7 heteroatoms. The van der Waals surface area contributed by atoms with Gasteiger partial charge in [0.1, 0.15) is 11.6 Å². The largest absolute Gasteiger partial charge is 0.381 e. The molecule has 1 saturated heterocycles. The summed E-state index contributed by atoms with van der Waals surface area (Å²) in [4.78, 5) is 26.2. The molecular weight excluding hydrogens is 402 g/mol. The first-order valence-electron chi connectivity index (χ1n) is 11.4. The first-order chi connectivity index (χ1) is 14.9. The summed E-state index contributed by atoms with van der Waals surface area (Å²) < 4.78 is 32.5. The van der Waals surface area contributed by atoms with Gasteiger partial charge in [-0.1, -0.05) is 12.8 Å². The van der Waals surface area contributed by atoms with Gasteiger partial charge in [-0.3, -0.25) is 9.59 Å². The molecule has 1 unspecified atom stereocenters. The summed E-state index contributed by atoms with van der Waals surface area (Å²) in [6, 6.07) is 3.18. The Morgan fingerprint density at radius 3 is 2.39 bits per heavy atom. The van der Waals surface area contributed by atoms with Crippen molar-refractivity contribution in [3.63, 3.8) is 0 Å². The molecular formula is C24H34F2N2O3. The molecule has 1 saturated carbocycles. The third-order valence-corrected chi connectivity index (χ3v) is 7.13. The van der Waals surface area contributed by atoms with Crippen LogP contribution in [0.2, 0.25) is 0 Å². The van der Waals surface area contributed by atoms with E-state index in [9.17, 15) is 18.4 Å². The smallest absolute Gasteiger partial charge is 0.220 e. The number of rotatable bonds is 9.